The molecule has 0 spiro atoms. The number of aromatic nitrogens is 1. The average Bonchev–Trinajstić information content (AvgIpc) is 2.75. The molecule has 2 nitrogen and oxygen atoms in total. The van der Waals surface area contributed by atoms with Crippen molar-refractivity contribution >= 4 is 23.7 Å². The highest BCUT2D eigenvalue weighted by molar-refractivity contribution is 7.09. The lowest BCUT2D eigenvalue weighted by atomic mass is 10.3. The molecule has 0 amide bonds. The molecule has 1 aromatic rings. The summed E-state index contributed by atoms with van der Waals surface area (Å²) in [5, 5.41) is 11.5. The minimum Gasteiger partial charge on any atom is -0.245 e. The molecule has 12 heavy (non-hydrogen) atoms. The van der Waals surface area contributed by atoms with Gasteiger partial charge in [-0.25, -0.2) is 4.98 Å². The SMILES string of the molecule is Cl.N#CCc1nc(C2CC2)cs1. The Morgan fingerprint density at radius 3 is 3.00 bits per heavy atom. The topological polar surface area (TPSA) is 36.7 Å². The maximum absolute atomic E-state index is 8.40. The van der Waals surface area contributed by atoms with Crippen LogP contribution in [0.15, 0.2) is 5.38 Å². The van der Waals surface area contributed by atoms with Crippen molar-refractivity contribution in [2.75, 3.05) is 0 Å². The lowest BCUT2D eigenvalue weighted by molar-refractivity contribution is 1.02. The van der Waals surface area contributed by atoms with E-state index in [0.717, 1.165) is 10.9 Å². The predicted octanol–water partition coefficient (Wildman–Crippen LogP) is 2.51. The fourth-order valence-electron chi connectivity index (χ4n) is 1.04. The second-order valence-corrected chi connectivity index (χ2v) is 3.72. The molecule has 1 aromatic heterocycles. The first kappa shape index (κ1) is 9.50. The molecule has 1 heterocycles. The Hall–Kier alpha value is -0.590. The first-order valence-electron chi connectivity index (χ1n) is 3.71. The van der Waals surface area contributed by atoms with Gasteiger partial charge in [-0.2, -0.15) is 5.26 Å². The predicted molar refractivity (Wildman–Crippen MR) is 50.7 cm³/mol. The summed E-state index contributed by atoms with van der Waals surface area (Å²) >= 11 is 1.61. The Morgan fingerprint density at radius 1 is 1.67 bits per heavy atom. The molecule has 0 aromatic carbocycles. The highest BCUT2D eigenvalue weighted by Gasteiger charge is 2.25. The van der Waals surface area contributed by atoms with Gasteiger partial charge in [0.1, 0.15) is 5.01 Å². The van der Waals surface area contributed by atoms with E-state index in [1.54, 1.807) is 11.3 Å². The van der Waals surface area contributed by atoms with Crippen LogP contribution in [0.25, 0.3) is 0 Å². The van der Waals surface area contributed by atoms with Crippen molar-refractivity contribution in [3.63, 3.8) is 0 Å². The van der Waals surface area contributed by atoms with Gasteiger partial charge in [-0.05, 0) is 12.8 Å². The number of rotatable bonds is 2. The van der Waals surface area contributed by atoms with Crippen LogP contribution >= 0.6 is 23.7 Å². The van der Waals surface area contributed by atoms with Crippen LogP contribution in [0.5, 0.6) is 0 Å². The highest BCUT2D eigenvalue weighted by Crippen LogP contribution is 2.40. The Kier molecular flexibility index (Phi) is 3.07. The maximum atomic E-state index is 8.40. The summed E-state index contributed by atoms with van der Waals surface area (Å²) in [5.74, 6) is 0.721. The van der Waals surface area contributed by atoms with Crippen LogP contribution in [0.2, 0.25) is 0 Å². The Morgan fingerprint density at radius 2 is 2.42 bits per heavy atom. The molecule has 0 radical (unpaired) electrons. The third-order valence-electron chi connectivity index (χ3n) is 1.80. The maximum Gasteiger partial charge on any atom is 0.107 e. The second-order valence-electron chi connectivity index (χ2n) is 2.78. The zero-order valence-corrected chi connectivity index (χ0v) is 8.12. The van der Waals surface area contributed by atoms with E-state index < -0.39 is 0 Å². The van der Waals surface area contributed by atoms with E-state index in [2.05, 4.69) is 16.4 Å². The van der Waals surface area contributed by atoms with Crippen LogP contribution in [0, 0.1) is 11.3 Å². The summed E-state index contributed by atoms with van der Waals surface area (Å²) in [5.41, 5.74) is 1.21. The van der Waals surface area contributed by atoms with E-state index in [4.69, 9.17) is 5.26 Å². The molecule has 0 unspecified atom stereocenters. The van der Waals surface area contributed by atoms with Gasteiger partial charge in [0.2, 0.25) is 0 Å². The highest BCUT2D eigenvalue weighted by atomic mass is 35.5. The lowest BCUT2D eigenvalue weighted by Gasteiger charge is -1.84. The summed E-state index contributed by atoms with van der Waals surface area (Å²) < 4.78 is 0. The van der Waals surface area contributed by atoms with Crippen molar-refractivity contribution in [2.24, 2.45) is 0 Å². The van der Waals surface area contributed by atoms with Gasteiger partial charge in [0, 0.05) is 11.3 Å². The average molecular weight is 201 g/mol. The molecule has 1 saturated carbocycles. The lowest BCUT2D eigenvalue weighted by Crippen LogP contribution is -1.81. The fraction of sp³-hybridized carbons (Fsp3) is 0.500. The van der Waals surface area contributed by atoms with Crippen LogP contribution in [0.4, 0.5) is 0 Å². The number of thiazole rings is 1. The molecular weight excluding hydrogens is 192 g/mol. The fourth-order valence-corrected chi connectivity index (χ4v) is 1.85. The summed E-state index contributed by atoms with van der Waals surface area (Å²) in [6, 6.07) is 2.10. The van der Waals surface area contributed by atoms with Crippen molar-refractivity contribution < 1.29 is 0 Å². The number of hydrogen-bond acceptors (Lipinski definition) is 3. The van der Waals surface area contributed by atoms with Crippen LogP contribution < -0.4 is 0 Å². The van der Waals surface area contributed by atoms with Crippen LogP contribution in [0.3, 0.4) is 0 Å². The van der Waals surface area contributed by atoms with Crippen LogP contribution in [0.1, 0.15) is 29.5 Å². The van der Waals surface area contributed by atoms with Gasteiger partial charge in [-0.3, -0.25) is 0 Å². The molecule has 0 bridgehead atoms. The van der Waals surface area contributed by atoms with Crippen LogP contribution in [-0.2, 0) is 6.42 Å². The molecule has 0 N–H and O–H groups in total. The Labute approximate surface area is 81.7 Å². The molecule has 64 valence electrons. The number of hydrogen-bond donors (Lipinski definition) is 0. The standard InChI is InChI=1S/C8H8N2S.ClH/c9-4-3-8-10-7(5-11-8)6-1-2-6;/h5-6H,1-3H2;1H. The molecule has 0 aliphatic heterocycles. The van der Waals surface area contributed by atoms with E-state index in [1.165, 1.54) is 18.5 Å². The molecule has 0 atom stereocenters. The van der Waals surface area contributed by atoms with E-state index in [0.29, 0.717) is 6.42 Å². The smallest absolute Gasteiger partial charge is 0.107 e. The largest absolute Gasteiger partial charge is 0.245 e. The minimum atomic E-state index is 0. The van der Waals surface area contributed by atoms with Crippen molar-refractivity contribution in [3.8, 4) is 6.07 Å². The summed E-state index contributed by atoms with van der Waals surface area (Å²) in [4.78, 5) is 4.36. The zero-order chi connectivity index (χ0) is 7.68. The van der Waals surface area contributed by atoms with E-state index in [9.17, 15) is 0 Å². The Balaban J connectivity index is 0.000000720. The third kappa shape index (κ3) is 1.96. The van der Waals surface area contributed by atoms with Gasteiger partial charge < -0.3 is 0 Å². The zero-order valence-electron chi connectivity index (χ0n) is 6.49. The van der Waals surface area contributed by atoms with Crippen molar-refractivity contribution in [3.05, 3.63) is 16.1 Å². The van der Waals surface area contributed by atoms with Crippen molar-refractivity contribution in [1.29, 1.82) is 5.26 Å². The van der Waals surface area contributed by atoms with E-state index in [1.807, 2.05) is 0 Å². The molecule has 1 aliphatic rings. The van der Waals surface area contributed by atoms with Gasteiger partial charge in [0.05, 0.1) is 18.2 Å². The first-order valence-corrected chi connectivity index (χ1v) is 4.59. The van der Waals surface area contributed by atoms with Crippen molar-refractivity contribution in [1.82, 2.24) is 4.98 Å². The van der Waals surface area contributed by atoms with E-state index in [-0.39, 0.29) is 12.4 Å². The van der Waals surface area contributed by atoms with Crippen LogP contribution in [-0.4, -0.2) is 4.98 Å². The Bertz CT molecular complexity index is 298. The molecular formula is C8H9ClN2S. The minimum absolute atomic E-state index is 0. The van der Waals surface area contributed by atoms with Gasteiger partial charge in [-0.15, -0.1) is 23.7 Å². The van der Waals surface area contributed by atoms with Crippen molar-refractivity contribution in [2.45, 2.75) is 25.2 Å². The quantitative estimate of drug-likeness (QED) is 0.736. The number of nitrogens with zero attached hydrogens (tertiary/aromatic N) is 2. The molecule has 1 aliphatic carbocycles. The van der Waals surface area contributed by atoms with Gasteiger partial charge >= 0.3 is 0 Å². The summed E-state index contributed by atoms with van der Waals surface area (Å²) in [6.45, 7) is 0. The first-order chi connectivity index (χ1) is 5.40. The number of nitriles is 1. The normalized spacial score (nSPS) is 14.9. The molecule has 1 fully saturated rings. The van der Waals surface area contributed by atoms with Gasteiger partial charge in [0.15, 0.2) is 0 Å². The van der Waals surface area contributed by atoms with E-state index >= 15 is 0 Å². The third-order valence-corrected chi connectivity index (χ3v) is 2.66. The number of halogens is 1. The van der Waals surface area contributed by atoms with Gasteiger partial charge in [-0.1, -0.05) is 0 Å². The molecule has 2 rings (SSSR count). The monoisotopic (exact) mass is 200 g/mol. The summed E-state index contributed by atoms with van der Waals surface area (Å²) in [7, 11) is 0. The molecule has 0 saturated heterocycles. The molecule has 4 heteroatoms. The van der Waals surface area contributed by atoms with Gasteiger partial charge in [0.25, 0.3) is 0 Å². The second kappa shape index (κ2) is 3.88. The summed E-state index contributed by atoms with van der Waals surface area (Å²) in [6.07, 6.45) is 3.04.